The third-order valence-electron chi connectivity index (χ3n) is 3.19. The van der Waals surface area contributed by atoms with Gasteiger partial charge in [-0.25, -0.2) is 0 Å². The van der Waals surface area contributed by atoms with Gasteiger partial charge in [-0.05, 0) is 28.3 Å². The number of aromatic amines is 1. The van der Waals surface area contributed by atoms with Gasteiger partial charge in [-0.1, -0.05) is 69.3 Å². The smallest absolute Gasteiger partial charge is 0.177 e. The molecule has 1 N–H and O–H groups in total. The minimum absolute atomic E-state index is 0.621. The maximum absolute atomic E-state index is 4.06. The number of aryl methyl sites for hydroxylation is 1. The van der Waals surface area contributed by atoms with E-state index in [2.05, 4.69) is 57.9 Å². The number of hydrogen-bond acceptors (Lipinski definition) is 3. The maximum atomic E-state index is 4.06. The van der Waals surface area contributed by atoms with Crippen LogP contribution >= 0.6 is 0 Å². The molecule has 0 unspecified atom stereocenters. The number of benzene rings is 2. The van der Waals surface area contributed by atoms with Crippen LogP contribution < -0.4 is 0 Å². The van der Waals surface area contributed by atoms with Crippen LogP contribution in [0.3, 0.4) is 0 Å². The Morgan fingerprint density at radius 2 is 1.57 bits per heavy atom. The van der Waals surface area contributed by atoms with Gasteiger partial charge in [0.25, 0.3) is 0 Å². The largest absolute Gasteiger partial charge is 0.205 e. The van der Waals surface area contributed by atoms with Crippen LogP contribution in [0, 0.1) is 0 Å². The van der Waals surface area contributed by atoms with Gasteiger partial charge >= 0.3 is 0 Å². The van der Waals surface area contributed by atoms with E-state index in [0.717, 1.165) is 23.1 Å². The second kappa shape index (κ2) is 7.33. The molecular formula is C17H20N4. The summed E-state index contributed by atoms with van der Waals surface area (Å²) in [6.45, 7) is 6.16. The van der Waals surface area contributed by atoms with Gasteiger partial charge in [0.15, 0.2) is 0 Å². The predicted octanol–water partition coefficient (Wildman–Crippen LogP) is 4.12. The quantitative estimate of drug-likeness (QED) is 0.785. The van der Waals surface area contributed by atoms with Gasteiger partial charge in [-0.15, -0.1) is 10.2 Å². The first-order chi connectivity index (χ1) is 10.4. The van der Waals surface area contributed by atoms with Crippen LogP contribution in [0.4, 0.5) is 0 Å². The van der Waals surface area contributed by atoms with E-state index in [9.17, 15) is 0 Å². The van der Waals surface area contributed by atoms with Gasteiger partial charge in [-0.3, -0.25) is 0 Å². The Morgan fingerprint density at radius 3 is 2.14 bits per heavy atom. The van der Waals surface area contributed by atoms with Crippen LogP contribution in [0.25, 0.3) is 22.5 Å². The number of nitrogens with one attached hydrogen (secondary N) is 1. The Balaban J connectivity index is 0.000000774. The lowest BCUT2D eigenvalue weighted by Gasteiger charge is -2.07. The fourth-order valence-corrected chi connectivity index (χ4v) is 2.13. The van der Waals surface area contributed by atoms with Crippen molar-refractivity contribution in [1.29, 1.82) is 0 Å². The molecule has 0 spiro atoms. The molecule has 108 valence electrons. The molecule has 3 rings (SSSR count). The topological polar surface area (TPSA) is 54.5 Å². The molecule has 0 aliphatic rings. The van der Waals surface area contributed by atoms with E-state index < -0.39 is 0 Å². The predicted molar refractivity (Wildman–Crippen MR) is 85.8 cm³/mol. The van der Waals surface area contributed by atoms with Crippen molar-refractivity contribution in [3.05, 3.63) is 54.1 Å². The Morgan fingerprint density at radius 1 is 0.905 bits per heavy atom. The van der Waals surface area contributed by atoms with E-state index in [0.29, 0.717) is 5.82 Å². The van der Waals surface area contributed by atoms with E-state index in [4.69, 9.17) is 0 Å². The van der Waals surface area contributed by atoms with E-state index in [-0.39, 0.29) is 0 Å². The van der Waals surface area contributed by atoms with Crippen molar-refractivity contribution in [2.24, 2.45) is 0 Å². The van der Waals surface area contributed by atoms with Crippen LogP contribution in [0.2, 0.25) is 0 Å². The molecule has 4 nitrogen and oxygen atoms in total. The highest BCUT2D eigenvalue weighted by atomic mass is 15.5. The Bertz CT molecular complexity index is 658. The summed E-state index contributed by atoms with van der Waals surface area (Å²) in [4.78, 5) is 0. The highest BCUT2D eigenvalue weighted by molar-refractivity contribution is 5.80. The fraction of sp³-hybridized carbons (Fsp3) is 0.235. The SMILES string of the molecule is CC.CCc1ccc(-c2ccccc2-c2nn[nH]n2)cc1. The summed E-state index contributed by atoms with van der Waals surface area (Å²) in [5.41, 5.74) is 4.60. The minimum atomic E-state index is 0.621. The molecule has 2 aromatic carbocycles. The highest BCUT2D eigenvalue weighted by Crippen LogP contribution is 2.29. The van der Waals surface area contributed by atoms with Gasteiger partial charge in [0.1, 0.15) is 0 Å². The summed E-state index contributed by atoms with van der Waals surface area (Å²) in [5, 5.41) is 14.2. The summed E-state index contributed by atoms with van der Waals surface area (Å²) < 4.78 is 0. The van der Waals surface area contributed by atoms with Crippen LogP contribution in [0.5, 0.6) is 0 Å². The molecule has 0 bridgehead atoms. The molecule has 0 radical (unpaired) electrons. The average Bonchev–Trinajstić information content (AvgIpc) is 3.11. The highest BCUT2D eigenvalue weighted by Gasteiger charge is 2.09. The summed E-state index contributed by atoms with van der Waals surface area (Å²) >= 11 is 0. The molecule has 0 saturated heterocycles. The maximum Gasteiger partial charge on any atom is 0.205 e. The third kappa shape index (κ3) is 3.34. The molecule has 0 amide bonds. The molecule has 0 aliphatic carbocycles. The third-order valence-corrected chi connectivity index (χ3v) is 3.19. The van der Waals surface area contributed by atoms with Crippen molar-refractivity contribution < 1.29 is 0 Å². The van der Waals surface area contributed by atoms with E-state index in [1.54, 1.807) is 0 Å². The number of aromatic nitrogens is 4. The number of nitrogens with zero attached hydrogens (tertiary/aromatic N) is 3. The molecular weight excluding hydrogens is 260 g/mol. The zero-order chi connectivity index (χ0) is 15.1. The summed E-state index contributed by atoms with van der Waals surface area (Å²) in [6.07, 6.45) is 1.05. The zero-order valence-corrected chi connectivity index (χ0v) is 12.7. The summed E-state index contributed by atoms with van der Waals surface area (Å²) in [5.74, 6) is 0.621. The van der Waals surface area contributed by atoms with Crippen LogP contribution in [0.15, 0.2) is 48.5 Å². The van der Waals surface area contributed by atoms with Crippen molar-refractivity contribution in [2.75, 3.05) is 0 Å². The van der Waals surface area contributed by atoms with Crippen LogP contribution in [-0.2, 0) is 6.42 Å². The molecule has 3 aromatic rings. The van der Waals surface area contributed by atoms with Crippen molar-refractivity contribution in [3.8, 4) is 22.5 Å². The number of rotatable bonds is 3. The normalized spacial score (nSPS) is 9.86. The number of H-pyrrole nitrogens is 1. The molecule has 1 heterocycles. The first-order valence-corrected chi connectivity index (χ1v) is 7.30. The molecule has 0 fully saturated rings. The fourth-order valence-electron chi connectivity index (χ4n) is 2.13. The van der Waals surface area contributed by atoms with E-state index >= 15 is 0 Å². The second-order valence-electron chi connectivity index (χ2n) is 4.33. The molecule has 0 aliphatic heterocycles. The Labute approximate surface area is 125 Å². The summed E-state index contributed by atoms with van der Waals surface area (Å²) in [6, 6.07) is 16.7. The standard InChI is InChI=1S/C15H14N4.C2H6/c1-2-11-7-9-12(10-8-11)13-5-3-4-6-14(13)15-16-18-19-17-15;1-2/h3-10H,2H2,1H3,(H,16,17,18,19);1-2H3. The van der Waals surface area contributed by atoms with Crippen LogP contribution in [0.1, 0.15) is 26.3 Å². The van der Waals surface area contributed by atoms with E-state index in [1.807, 2.05) is 32.0 Å². The average molecular weight is 280 g/mol. The van der Waals surface area contributed by atoms with E-state index in [1.165, 1.54) is 5.56 Å². The van der Waals surface area contributed by atoms with Gasteiger partial charge in [0.2, 0.25) is 5.82 Å². The van der Waals surface area contributed by atoms with Crippen molar-refractivity contribution in [2.45, 2.75) is 27.2 Å². The molecule has 0 atom stereocenters. The molecule has 4 heteroatoms. The first kappa shape index (κ1) is 14.9. The second-order valence-corrected chi connectivity index (χ2v) is 4.33. The Hall–Kier alpha value is -2.49. The first-order valence-electron chi connectivity index (χ1n) is 7.30. The molecule has 21 heavy (non-hydrogen) atoms. The lowest BCUT2D eigenvalue weighted by Crippen LogP contribution is -1.88. The Kier molecular flexibility index (Phi) is 5.21. The van der Waals surface area contributed by atoms with Gasteiger partial charge in [0.05, 0.1) is 0 Å². The number of tetrazole rings is 1. The lowest BCUT2D eigenvalue weighted by atomic mass is 9.98. The van der Waals surface area contributed by atoms with Crippen molar-refractivity contribution in [3.63, 3.8) is 0 Å². The minimum Gasteiger partial charge on any atom is -0.177 e. The molecule has 0 saturated carbocycles. The van der Waals surface area contributed by atoms with Crippen LogP contribution in [-0.4, -0.2) is 20.6 Å². The monoisotopic (exact) mass is 280 g/mol. The van der Waals surface area contributed by atoms with Crippen molar-refractivity contribution >= 4 is 0 Å². The van der Waals surface area contributed by atoms with Gasteiger partial charge in [-0.2, -0.15) is 5.21 Å². The number of hydrogen-bond donors (Lipinski definition) is 1. The van der Waals surface area contributed by atoms with Gasteiger partial charge in [0, 0.05) is 5.56 Å². The van der Waals surface area contributed by atoms with Gasteiger partial charge < -0.3 is 0 Å². The lowest BCUT2D eigenvalue weighted by molar-refractivity contribution is 0.881. The zero-order valence-electron chi connectivity index (χ0n) is 12.7. The molecule has 1 aromatic heterocycles. The summed E-state index contributed by atoms with van der Waals surface area (Å²) in [7, 11) is 0. The van der Waals surface area contributed by atoms with Crippen molar-refractivity contribution in [1.82, 2.24) is 20.6 Å².